The van der Waals surface area contributed by atoms with E-state index >= 15 is 0 Å². The molecule has 0 aliphatic heterocycles. The molecule has 0 spiro atoms. The van der Waals surface area contributed by atoms with Crippen LogP contribution < -0.4 is 10.6 Å². The Balaban J connectivity index is 2.57. The predicted molar refractivity (Wildman–Crippen MR) is 79.5 cm³/mol. The van der Waals surface area contributed by atoms with Crippen molar-refractivity contribution in [3.63, 3.8) is 0 Å². The van der Waals surface area contributed by atoms with Crippen LogP contribution in [-0.4, -0.2) is 34.3 Å². The quantitative estimate of drug-likeness (QED) is 0.737. The maximum atomic E-state index is 9.97. The molecule has 5 heteroatoms. The van der Waals surface area contributed by atoms with Gasteiger partial charge in [-0.3, -0.25) is 0 Å². The second-order valence-corrected chi connectivity index (χ2v) is 6.02. The molecular formula is C14H26N4O. The molecule has 19 heavy (non-hydrogen) atoms. The Morgan fingerprint density at radius 2 is 1.79 bits per heavy atom. The molecular weight excluding hydrogens is 240 g/mol. The zero-order chi connectivity index (χ0) is 14.5. The molecule has 1 aromatic rings. The number of aromatic nitrogens is 2. The topological polar surface area (TPSA) is 70.1 Å². The number of aliphatic hydroxyl groups is 1. The van der Waals surface area contributed by atoms with Gasteiger partial charge >= 0.3 is 0 Å². The molecule has 1 unspecified atom stereocenters. The standard InChI is InChI=1S/C14H26N4O/c1-6-15-12-7-13(18-10(2)17-12)16-9-11(19)8-14(3,4)5/h7,11,19H,6,8-9H2,1-5H3,(H2,15,16,17,18). The number of hydrogen-bond acceptors (Lipinski definition) is 5. The Labute approximate surface area is 115 Å². The molecule has 3 N–H and O–H groups in total. The van der Waals surface area contributed by atoms with E-state index in [1.165, 1.54) is 0 Å². The number of rotatable bonds is 6. The molecule has 0 aliphatic rings. The Morgan fingerprint density at radius 1 is 1.21 bits per heavy atom. The van der Waals surface area contributed by atoms with E-state index < -0.39 is 0 Å². The Hall–Kier alpha value is -1.36. The van der Waals surface area contributed by atoms with Crippen molar-refractivity contribution >= 4 is 11.6 Å². The van der Waals surface area contributed by atoms with E-state index in [4.69, 9.17) is 0 Å². The van der Waals surface area contributed by atoms with Crippen molar-refractivity contribution in [2.75, 3.05) is 23.7 Å². The average Bonchev–Trinajstić information content (AvgIpc) is 2.24. The fourth-order valence-electron chi connectivity index (χ4n) is 1.93. The Bertz CT molecular complexity index is 401. The van der Waals surface area contributed by atoms with Crippen molar-refractivity contribution in [2.24, 2.45) is 5.41 Å². The van der Waals surface area contributed by atoms with Crippen LogP contribution in [0.15, 0.2) is 6.07 Å². The first-order chi connectivity index (χ1) is 8.80. The van der Waals surface area contributed by atoms with Gasteiger partial charge in [-0.1, -0.05) is 20.8 Å². The third-order valence-electron chi connectivity index (χ3n) is 2.56. The van der Waals surface area contributed by atoms with Crippen LogP contribution in [0, 0.1) is 12.3 Å². The molecule has 0 fully saturated rings. The average molecular weight is 266 g/mol. The second kappa shape index (κ2) is 6.70. The van der Waals surface area contributed by atoms with E-state index in [0.29, 0.717) is 12.4 Å². The highest BCUT2D eigenvalue weighted by molar-refractivity contribution is 5.47. The largest absolute Gasteiger partial charge is 0.391 e. The first-order valence-electron chi connectivity index (χ1n) is 6.81. The molecule has 0 saturated carbocycles. The summed E-state index contributed by atoms with van der Waals surface area (Å²) in [6, 6.07) is 1.86. The van der Waals surface area contributed by atoms with Crippen LogP contribution in [0.2, 0.25) is 0 Å². The van der Waals surface area contributed by atoms with E-state index in [2.05, 4.69) is 41.4 Å². The third kappa shape index (κ3) is 6.38. The van der Waals surface area contributed by atoms with E-state index in [-0.39, 0.29) is 11.5 Å². The lowest BCUT2D eigenvalue weighted by molar-refractivity contribution is 0.132. The lowest BCUT2D eigenvalue weighted by Crippen LogP contribution is -2.25. The van der Waals surface area contributed by atoms with Crippen LogP contribution in [0.4, 0.5) is 11.6 Å². The summed E-state index contributed by atoms with van der Waals surface area (Å²) in [6.07, 6.45) is 0.377. The van der Waals surface area contributed by atoms with E-state index in [0.717, 1.165) is 24.6 Å². The van der Waals surface area contributed by atoms with Crippen molar-refractivity contribution in [1.82, 2.24) is 9.97 Å². The van der Waals surface area contributed by atoms with Gasteiger partial charge in [-0.05, 0) is 25.7 Å². The second-order valence-electron chi connectivity index (χ2n) is 6.02. The zero-order valence-electron chi connectivity index (χ0n) is 12.6. The third-order valence-corrected chi connectivity index (χ3v) is 2.56. The smallest absolute Gasteiger partial charge is 0.131 e. The lowest BCUT2D eigenvalue weighted by atomic mass is 9.89. The number of nitrogens with zero attached hydrogens (tertiary/aromatic N) is 2. The first kappa shape index (κ1) is 15.7. The number of aryl methyl sites for hydroxylation is 1. The summed E-state index contributed by atoms with van der Waals surface area (Å²) in [5.74, 6) is 2.27. The van der Waals surface area contributed by atoms with Gasteiger partial charge in [-0.25, -0.2) is 9.97 Å². The van der Waals surface area contributed by atoms with Gasteiger partial charge in [-0.15, -0.1) is 0 Å². The normalized spacial score (nSPS) is 13.2. The fourth-order valence-corrected chi connectivity index (χ4v) is 1.93. The van der Waals surface area contributed by atoms with Crippen LogP contribution in [0.5, 0.6) is 0 Å². The molecule has 1 atom stereocenters. The molecule has 0 radical (unpaired) electrons. The summed E-state index contributed by atoms with van der Waals surface area (Å²) in [7, 11) is 0. The molecule has 0 bridgehead atoms. The highest BCUT2D eigenvalue weighted by Crippen LogP contribution is 2.21. The molecule has 5 nitrogen and oxygen atoms in total. The Kier molecular flexibility index (Phi) is 5.54. The summed E-state index contributed by atoms with van der Waals surface area (Å²) in [5, 5.41) is 16.3. The summed E-state index contributed by atoms with van der Waals surface area (Å²) in [4.78, 5) is 8.60. The van der Waals surface area contributed by atoms with E-state index in [1.54, 1.807) is 0 Å². The maximum Gasteiger partial charge on any atom is 0.131 e. The van der Waals surface area contributed by atoms with E-state index in [1.807, 2.05) is 19.9 Å². The number of hydrogen-bond donors (Lipinski definition) is 3. The van der Waals surface area contributed by atoms with Gasteiger partial charge in [0.2, 0.25) is 0 Å². The molecule has 0 aromatic carbocycles. The number of anilines is 2. The SMILES string of the molecule is CCNc1cc(NCC(O)CC(C)(C)C)nc(C)n1. The summed E-state index contributed by atoms with van der Waals surface area (Å²) < 4.78 is 0. The van der Waals surface area contributed by atoms with Gasteiger partial charge in [0.05, 0.1) is 6.10 Å². The zero-order valence-corrected chi connectivity index (χ0v) is 12.6. The van der Waals surface area contributed by atoms with Crippen LogP contribution in [0.3, 0.4) is 0 Å². The molecule has 1 aromatic heterocycles. The minimum atomic E-state index is -0.377. The van der Waals surface area contributed by atoms with Crippen LogP contribution >= 0.6 is 0 Å². The van der Waals surface area contributed by atoms with Gasteiger partial charge in [-0.2, -0.15) is 0 Å². The maximum absolute atomic E-state index is 9.97. The molecule has 1 heterocycles. The van der Waals surface area contributed by atoms with Crippen LogP contribution in [0.25, 0.3) is 0 Å². The number of aliphatic hydroxyl groups excluding tert-OH is 1. The van der Waals surface area contributed by atoms with Crippen LogP contribution in [-0.2, 0) is 0 Å². The minimum Gasteiger partial charge on any atom is -0.391 e. The summed E-state index contributed by atoms with van der Waals surface area (Å²) >= 11 is 0. The van der Waals surface area contributed by atoms with Gasteiger partial charge in [0.1, 0.15) is 17.5 Å². The van der Waals surface area contributed by atoms with Gasteiger partial charge in [0.15, 0.2) is 0 Å². The molecule has 0 amide bonds. The van der Waals surface area contributed by atoms with Crippen molar-refractivity contribution in [1.29, 1.82) is 0 Å². The Morgan fingerprint density at radius 3 is 2.32 bits per heavy atom. The summed E-state index contributed by atoms with van der Waals surface area (Å²) in [6.45, 7) is 11.6. The highest BCUT2D eigenvalue weighted by Gasteiger charge is 2.16. The summed E-state index contributed by atoms with van der Waals surface area (Å²) in [5.41, 5.74) is 0.123. The fraction of sp³-hybridized carbons (Fsp3) is 0.714. The van der Waals surface area contributed by atoms with Gasteiger partial charge < -0.3 is 15.7 Å². The molecule has 0 aliphatic carbocycles. The van der Waals surface area contributed by atoms with Crippen molar-refractivity contribution < 1.29 is 5.11 Å². The molecule has 108 valence electrons. The number of nitrogens with one attached hydrogen (secondary N) is 2. The first-order valence-corrected chi connectivity index (χ1v) is 6.81. The molecule has 0 saturated heterocycles. The monoisotopic (exact) mass is 266 g/mol. The predicted octanol–water partition coefficient (Wildman–Crippen LogP) is 2.43. The molecule has 1 rings (SSSR count). The van der Waals surface area contributed by atoms with Gasteiger partial charge in [0, 0.05) is 19.2 Å². The van der Waals surface area contributed by atoms with E-state index in [9.17, 15) is 5.11 Å². The van der Waals surface area contributed by atoms with Crippen molar-refractivity contribution in [3.05, 3.63) is 11.9 Å². The van der Waals surface area contributed by atoms with Crippen molar-refractivity contribution in [3.8, 4) is 0 Å². The highest BCUT2D eigenvalue weighted by atomic mass is 16.3. The van der Waals surface area contributed by atoms with Crippen molar-refractivity contribution in [2.45, 2.75) is 47.1 Å². The van der Waals surface area contributed by atoms with Crippen LogP contribution in [0.1, 0.15) is 39.9 Å². The minimum absolute atomic E-state index is 0.123. The lowest BCUT2D eigenvalue weighted by Gasteiger charge is -2.22. The van der Waals surface area contributed by atoms with Gasteiger partial charge in [0.25, 0.3) is 0 Å².